The van der Waals surface area contributed by atoms with Crippen LogP contribution in [0.15, 0.2) is 40.9 Å². The van der Waals surface area contributed by atoms with E-state index >= 15 is 0 Å². The Labute approximate surface area is 159 Å². The van der Waals surface area contributed by atoms with Crippen molar-refractivity contribution >= 4 is 33.3 Å². The summed E-state index contributed by atoms with van der Waals surface area (Å²) in [5.74, 6) is 1.10. The van der Waals surface area contributed by atoms with Crippen LogP contribution < -0.4 is 9.47 Å². The lowest BCUT2D eigenvalue weighted by molar-refractivity contribution is -0.384. The minimum Gasteiger partial charge on any atom is -0.493 e. The van der Waals surface area contributed by atoms with Gasteiger partial charge in [0.15, 0.2) is 11.5 Å². The van der Waals surface area contributed by atoms with E-state index in [1.54, 1.807) is 30.3 Å². The van der Waals surface area contributed by atoms with Gasteiger partial charge in [-0.25, -0.2) is 0 Å². The van der Waals surface area contributed by atoms with Crippen molar-refractivity contribution < 1.29 is 14.4 Å². The lowest BCUT2D eigenvalue weighted by Gasteiger charge is -2.16. The molecule has 0 heterocycles. The average Bonchev–Trinajstić information content (AvgIpc) is 2.61. The third kappa shape index (κ3) is 4.61. The van der Waals surface area contributed by atoms with Gasteiger partial charge in [-0.15, -0.1) is 0 Å². The predicted molar refractivity (Wildman–Crippen MR) is 103 cm³/mol. The molecule has 0 unspecified atom stereocenters. The van der Waals surface area contributed by atoms with E-state index in [-0.39, 0.29) is 11.8 Å². The standard InChI is InChI=1S/C19H17BrN2O4/c1-12(2)26-19-17(20)8-13(9-18(19)25-3)7-15(11-21)14-5-4-6-16(10-14)22(23)24/h4-10,12H,1-3H3/b15-7-. The van der Waals surface area contributed by atoms with Crippen molar-refractivity contribution in [2.45, 2.75) is 20.0 Å². The summed E-state index contributed by atoms with van der Waals surface area (Å²) in [6.07, 6.45) is 1.62. The number of nitro benzene ring substituents is 1. The number of nitrogens with zero attached hydrogens (tertiary/aromatic N) is 2. The summed E-state index contributed by atoms with van der Waals surface area (Å²) >= 11 is 3.46. The highest BCUT2D eigenvalue weighted by Gasteiger charge is 2.14. The van der Waals surface area contributed by atoms with Gasteiger partial charge in [0, 0.05) is 12.1 Å². The van der Waals surface area contributed by atoms with Gasteiger partial charge in [0.05, 0.1) is 34.3 Å². The van der Waals surface area contributed by atoms with Gasteiger partial charge in [-0.05, 0) is 59.1 Å². The Kier molecular flexibility index (Phi) is 6.36. The fourth-order valence-electron chi connectivity index (χ4n) is 2.31. The molecule has 0 amide bonds. The molecule has 0 fully saturated rings. The number of rotatable bonds is 6. The van der Waals surface area contributed by atoms with Crippen LogP contribution in [0.3, 0.4) is 0 Å². The Morgan fingerprint density at radius 3 is 2.65 bits per heavy atom. The molecule has 2 rings (SSSR count). The van der Waals surface area contributed by atoms with Crippen LogP contribution in [0.1, 0.15) is 25.0 Å². The first kappa shape index (κ1) is 19.5. The van der Waals surface area contributed by atoms with Crippen LogP contribution in [0.2, 0.25) is 0 Å². The maximum Gasteiger partial charge on any atom is 0.270 e. The number of methoxy groups -OCH3 is 1. The van der Waals surface area contributed by atoms with Crippen LogP contribution in [0, 0.1) is 21.4 Å². The summed E-state index contributed by atoms with van der Waals surface area (Å²) in [4.78, 5) is 10.5. The van der Waals surface area contributed by atoms with E-state index in [2.05, 4.69) is 22.0 Å². The van der Waals surface area contributed by atoms with Crippen molar-refractivity contribution in [3.63, 3.8) is 0 Å². The number of benzene rings is 2. The maximum absolute atomic E-state index is 10.9. The number of nitro groups is 1. The van der Waals surface area contributed by atoms with Crippen molar-refractivity contribution in [1.29, 1.82) is 5.26 Å². The molecule has 0 radical (unpaired) electrons. The zero-order chi connectivity index (χ0) is 19.3. The molecule has 134 valence electrons. The van der Waals surface area contributed by atoms with Crippen LogP contribution in [0.25, 0.3) is 11.6 Å². The number of ether oxygens (including phenoxy) is 2. The molecule has 0 saturated carbocycles. The molecule has 6 nitrogen and oxygen atoms in total. The summed E-state index contributed by atoms with van der Waals surface area (Å²) in [6, 6.07) is 11.6. The van der Waals surface area contributed by atoms with E-state index in [1.165, 1.54) is 19.2 Å². The molecule has 0 aliphatic rings. The zero-order valence-corrected chi connectivity index (χ0v) is 16.1. The van der Waals surface area contributed by atoms with Gasteiger partial charge in [0.2, 0.25) is 0 Å². The highest BCUT2D eigenvalue weighted by Crippen LogP contribution is 2.38. The van der Waals surface area contributed by atoms with Gasteiger partial charge in [-0.1, -0.05) is 12.1 Å². The summed E-state index contributed by atoms with van der Waals surface area (Å²) in [6.45, 7) is 3.82. The fraction of sp³-hybridized carbons (Fsp3) is 0.211. The largest absolute Gasteiger partial charge is 0.493 e. The summed E-state index contributed by atoms with van der Waals surface area (Å²) in [5, 5.41) is 20.4. The minimum absolute atomic E-state index is 0.0267. The molecule has 2 aromatic rings. The van der Waals surface area contributed by atoms with Crippen LogP contribution in [0.5, 0.6) is 11.5 Å². The third-order valence-electron chi connectivity index (χ3n) is 3.40. The fourth-order valence-corrected chi connectivity index (χ4v) is 2.86. The number of allylic oxidation sites excluding steroid dienone is 1. The van der Waals surface area contributed by atoms with Gasteiger partial charge in [0.25, 0.3) is 5.69 Å². The lowest BCUT2D eigenvalue weighted by atomic mass is 10.0. The van der Waals surface area contributed by atoms with Crippen LogP contribution in [0.4, 0.5) is 5.69 Å². The Morgan fingerprint density at radius 2 is 2.08 bits per heavy atom. The highest BCUT2D eigenvalue weighted by atomic mass is 79.9. The molecule has 0 aliphatic heterocycles. The Morgan fingerprint density at radius 1 is 1.35 bits per heavy atom. The molecule has 0 atom stereocenters. The Balaban J connectivity index is 2.50. The van der Waals surface area contributed by atoms with E-state index in [4.69, 9.17) is 9.47 Å². The zero-order valence-electron chi connectivity index (χ0n) is 14.5. The first-order valence-corrected chi connectivity index (χ1v) is 8.55. The predicted octanol–water partition coefficient (Wildman–Crippen LogP) is 5.22. The minimum atomic E-state index is -0.490. The molecular formula is C19H17BrN2O4. The van der Waals surface area contributed by atoms with Gasteiger partial charge in [-0.2, -0.15) is 5.26 Å². The van der Waals surface area contributed by atoms with E-state index < -0.39 is 4.92 Å². The molecule has 0 N–H and O–H groups in total. The average molecular weight is 417 g/mol. The molecule has 7 heteroatoms. The van der Waals surface area contributed by atoms with E-state index in [9.17, 15) is 15.4 Å². The first-order chi connectivity index (χ1) is 12.3. The van der Waals surface area contributed by atoms with Crippen molar-refractivity contribution in [1.82, 2.24) is 0 Å². The van der Waals surface area contributed by atoms with Crippen LogP contribution in [-0.4, -0.2) is 18.1 Å². The van der Waals surface area contributed by atoms with Gasteiger partial charge in [-0.3, -0.25) is 10.1 Å². The second-order valence-corrected chi connectivity index (χ2v) is 6.53. The topological polar surface area (TPSA) is 85.4 Å². The van der Waals surface area contributed by atoms with Gasteiger partial charge >= 0.3 is 0 Å². The van der Waals surface area contributed by atoms with Crippen molar-refractivity contribution in [2.75, 3.05) is 7.11 Å². The Hall–Kier alpha value is -2.85. The molecule has 0 aromatic heterocycles. The number of hydrogen-bond acceptors (Lipinski definition) is 5. The molecule has 0 aliphatic carbocycles. The number of hydrogen-bond donors (Lipinski definition) is 0. The van der Waals surface area contributed by atoms with Gasteiger partial charge < -0.3 is 9.47 Å². The molecule has 0 spiro atoms. The number of halogens is 1. The SMILES string of the molecule is COc1cc(/C=C(/C#N)c2cccc([N+](=O)[O-])c2)cc(Br)c1OC(C)C. The lowest BCUT2D eigenvalue weighted by Crippen LogP contribution is -2.07. The molecule has 26 heavy (non-hydrogen) atoms. The van der Waals surface area contributed by atoms with E-state index in [0.29, 0.717) is 32.7 Å². The van der Waals surface area contributed by atoms with Crippen LogP contribution in [-0.2, 0) is 0 Å². The monoisotopic (exact) mass is 416 g/mol. The second kappa shape index (κ2) is 8.50. The smallest absolute Gasteiger partial charge is 0.270 e. The number of non-ortho nitro benzene ring substituents is 1. The van der Waals surface area contributed by atoms with Crippen molar-refractivity contribution in [3.05, 3.63) is 62.1 Å². The molecular weight excluding hydrogens is 400 g/mol. The summed E-state index contributed by atoms with van der Waals surface area (Å²) < 4.78 is 11.8. The second-order valence-electron chi connectivity index (χ2n) is 5.68. The summed E-state index contributed by atoms with van der Waals surface area (Å²) in [5.41, 5.74) is 1.41. The third-order valence-corrected chi connectivity index (χ3v) is 3.99. The Bertz CT molecular complexity index is 901. The summed E-state index contributed by atoms with van der Waals surface area (Å²) in [7, 11) is 1.54. The maximum atomic E-state index is 10.9. The van der Waals surface area contributed by atoms with E-state index in [0.717, 1.165) is 0 Å². The highest BCUT2D eigenvalue weighted by molar-refractivity contribution is 9.10. The van der Waals surface area contributed by atoms with E-state index in [1.807, 2.05) is 13.8 Å². The van der Waals surface area contributed by atoms with Gasteiger partial charge in [0.1, 0.15) is 0 Å². The normalized spacial score (nSPS) is 11.2. The van der Waals surface area contributed by atoms with Crippen LogP contribution >= 0.6 is 15.9 Å². The van der Waals surface area contributed by atoms with Crippen molar-refractivity contribution in [2.24, 2.45) is 0 Å². The first-order valence-electron chi connectivity index (χ1n) is 7.76. The quantitative estimate of drug-likeness (QED) is 0.279. The molecule has 0 bridgehead atoms. The number of nitriles is 1. The van der Waals surface area contributed by atoms with Crippen molar-refractivity contribution in [3.8, 4) is 17.6 Å². The molecule has 0 saturated heterocycles. The molecule has 2 aromatic carbocycles.